The third-order valence-corrected chi connectivity index (χ3v) is 4.82. The van der Waals surface area contributed by atoms with E-state index in [-0.39, 0.29) is 23.0 Å². The normalized spacial score (nSPS) is 11.1. The van der Waals surface area contributed by atoms with Crippen molar-refractivity contribution in [2.24, 2.45) is 0 Å². The fourth-order valence-electron chi connectivity index (χ4n) is 3.35. The van der Waals surface area contributed by atoms with Gasteiger partial charge in [0.15, 0.2) is 0 Å². The summed E-state index contributed by atoms with van der Waals surface area (Å²) in [6.45, 7) is 1.85. The fraction of sp³-hybridized carbons (Fsp3) is 0.0435. The molecule has 0 radical (unpaired) electrons. The highest BCUT2D eigenvalue weighted by atomic mass is 19.1. The van der Waals surface area contributed by atoms with Crippen LogP contribution in [0.15, 0.2) is 77.7 Å². The average Bonchev–Trinajstić information content (AvgIpc) is 3.44. The van der Waals surface area contributed by atoms with Crippen LogP contribution >= 0.6 is 0 Å². The van der Waals surface area contributed by atoms with Crippen molar-refractivity contribution in [2.45, 2.75) is 6.92 Å². The van der Waals surface area contributed by atoms with E-state index >= 15 is 0 Å². The third kappa shape index (κ3) is 3.38. The van der Waals surface area contributed by atoms with Crippen LogP contribution in [0.4, 0.5) is 8.78 Å². The first-order valence-corrected chi connectivity index (χ1v) is 9.46. The first kappa shape index (κ1) is 18.8. The van der Waals surface area contributed by atoms with Crippen molar-refractivity contribution in [3.63, 3.8) is 0 Å². The van der Waals surface area contributed by atoms with Crippen molar-refractivity contribution in [1.82, 2.24) is 24.9 Å². The number of para-hydroxylation sites is 1. The van der Waals surface area contributed by atoms with Gasteiger partial charge in [-0.15, -0.1) is 0 Å². The van der Waals surface area contributed by atoms with Gasteiger partial charge >= 0.3 is 0 Å². The van der Waals surface area contributed by atoms with E-state index in [0.29, 0.717) is 11.3 Å². The van der Waals surface area contributed by atoms with Crippen LogP contribution in [0.5, 0.6) is 0 Å². The second-order valence-electron chi connectivity index (χ2n) is 6.91. The Kier molecular flexibility index (Phi) is 4.59. The van der Waals surface area contributed by atoms with Gasteiger partial charge in [-0.1, -0.05) is 28.9 Å². The molecule has 3 heterocycles. The molecule has 0 aliphatic heterocycles. The lowest BCUT2D eigenvalue weighted by molar-refractivity contribution is 0.432. The average molecular weight is 415 g/mol. The van der Waals surface area contributed by atoms with Gasteiger partial charge < -0.3 is 4.52 Å². The number of rotatable bonds is 4. The SMILES string of the molecule is Cc1ccc(F)c(-c2noc(-c3cnn(-c4ccccc4F)c3-c3ccncc3)n2)c1. The summed E-state index contributed by atoms with van der Waals surface area (Å²) in [5, 5.41) is 8.32. The molecule has 0 aliphatic rings. The Labute approximate surface area is 175 Å². The number of halogens is 2. The Morgan fingerprint density at radius 1 is 0.903 bits per heavy atom. The molecule has 0 fully saturated rings. The van der Waals surface area contributed by atoms with E-state index in [1.54, 1.807) is 54.9 Å². The lowest BCUT2D eigenvalue weighted by Gasteiger charge is -2.09. The van der Waals surface area contributed by atoms with Crippen molar-refractivity contribution in [3.05, 3.63) is 90.4 Å². The molecule has 0 saturated carbocycles. The second kappa shape index (κ2) is 7.56. The van der Waals surface area contributed by atoms with Gasteiger partial charge in [-0.2, -0.15) is 10.1 Å². The summed E-state index contributed by atoms with van der Waals surface area (Å²) in [4.78, 5) is 8.43. The van der Waals surface area contributed by atoms with E-state index in [9.17, 15) is 8.78 Å². The first-order chi connectivity index (χ1) is 15.1. The maximum atomic E-state index is 14.5. The largest absolute Gasteiger partial charge is 0.333 e. The lowest BCUT2D eigenvalue weighted by atomic mass is 10.1. The Hall–Kier alpha value is -4.20. The molecule has 0 N–H and O–H groups in total. The molecule has 5 aromatic rings. The topological polar surface area (TPSA) is 69.6 Å². The summed E-state index contributed by atoms with van der Waals surface area (Å²) in [5.41, 5.74) is 3.14. The van der Waals surface area contributed by atoms with E-state index in [2.05, 4.69) is 20.2 Å². The maximum Gasteiger partial charge on any atom is 0.262 e. The number of hydrogen-bond donors (Lipinski definition) is 0. The molecule has 0 unspecified atom stereocenters. The lowest BCUT2D eigenvalue weighted by Crippen LogP contribution is -2.02. The van der Waals surface area contributed by atoms with Crippen molar-refractivity contribution in [3.8, 4) is 39.8 Å². The van der Waals surface area contributed by atoms with Crippen LogP contribution < -0.4 is 0 Å². The Morgan fingerprint density at radius 3 is 2.52 bits per heavy atom. The zero-order valence-electron chi connectivity index (χ0n) is 16.3. The molecule has 8 heteroatoms. The molecular formula is C23H15F2N5O. The maximum absolute atomic E-state index is 14.5. The van der Waals surface area contributed by atoms with E-state index in [0.717, 1.165) is 11.1 Å². The van der Waals surface area contributed by atoms with Crippen LogP contribution in [0, 0.1) is 18.6 Å². The zero-order valence-corrected chi connectivity index (χ0v) is 16.3. The van der Waals surface area contributed by atoms with Crippen molar-refractivity contribution < 1.29 is 13.3 Å². The van der Waals surface area contributed by atoms with Crippen molar-refractivity contribution >= 4 is 0 Å². The van der Waals surface area contributed by atoms with Gasteiger partial charge in [-0.25, -0.2) is 13.5 Å². The van der Waals surface area contributed by atoms with E-state index in [4.69, 9.17) is 4.52 Å². The smallest absolute Gasteiger partial charge is 0.262 e. The highest BCUT2D eigenvalue weighted by Gasteiger charge is 2.23. The van der Waals surface area contributed by atoms with Crippen molar-refractivity contribution in [1.29, 1.82) is 0 Å². The summed E-state index contributed by atoms with van der Waals surface area (Å²) in [6, 6.07) is 14.5. The number of pyridine rings is 1. The van der Waals surface area contributed by atoms with Gasteiger partial charge in [0, 0.05) is 18.0 Å². The first-order valence-electron chi connectivity index (χ1n) is 9.46. The number of nitrogens with zero attached hydrogens (tertiary/aromatic N) is 5. The summed E-state index contributed by atoms with van der Waals surface area (Å²) in [5.74, 6) is -0.615. The van der Waals surface area contributed by atoms with Crippen LogP contribution in [0.25, 0.3) is 39.8 Å². The Balaban J connectivity index is 1.68. The molecule has 0 spiro atoms. The second-order valence-corrected chi connectivity index (χ2v) is 6.91. The molecule has 0 amide bonds. The van der Waals surface area contributed by atoms with Crippen LogP contribution in [-0.2, 0) is 0 Å². The molecule has 0 atom stereocenters. The molecule has 6 nitrogen and oxygen atoms in total. The zero-order chi connectivity index (χ0) is 21.4. The van der Waals surface area contributed by atoms with E-state index in [1.807, 2.05) is 6.92 Å². The molecule has 0 bridgehead atoms. The Morgan fingerprint density at radius 2 is 1.71 bits per heavy atom. The summed E-state index contributed by atoms with van der Waals surface area (Å²) in [7, 11) is 0. The molecule has 0 saturated heterocycles. The summed E-state index contributed by atoms with van der Waals surface area (Å²) < 4.78 is 35.7. The van der Waals surface area contributed by atoms with Gasteiger partial charge in [0.1, 0.15) is 17.3 Å². The minimum Gasteiger partial charge on any atom is -0.333 e. The highest BCUT2D eigenvalue weighted by molar-refractivity contribution is 5.78. The van der Waals surface area contributed by atoms with Gasteiger partial charge in [0.25, 0.3) is 5.89 Å². The van der Waals surface area contributed by atoms with Crippen LogP contribution in [0.3, 0.4) is 0 Å². The molecule has 3 aromatic heterocycles. The van der Waals surface area contributed by atoms with E-state index in [1.165, 1.54) is 23.0 Å². The van der Waals surface area contributed by atoms with Crippen LogP contribution in [0.2, 0.25) is 0 Å². The monoisotopic (exact) mass is 415 g/mol. The van der Waals surface area contributed by atoms with Crippen molar-refractivity contribution in [2.75, 3.05) is 0 Å². The predicted octanol–water partition coefficient (Wildman–Crippen LogP) is 5.24. The minimum absolute atomic E-state index is 0.121. The minimum atomic E-state index is -0.450. The Bertz CT molecular complexity index is 1380. The number of benzene rings is 2. The van der Waals surface area contributed by atoms with Crippen LogP contribution in [0.1, 0.15) is 5.56 Å². The number of hydrogen-bond acceptors (Lipinski definition) is 5. The van der Waals surface area contributed by atoms with Gasteiger partial charge in [0.2, 0.25) is 5.82 Å². The predicted molar refractivity (Wildman–Crippen MR) is 110 cm³/mol. The third-order valence-electron chi connectivity index (χ3n) is 4.82. The number of aryl methyl sites for hydroxylation is 1. The van der Waals surface area contributed by atoms with Crippen LogP contribution in [-0.4, -0.2) is 24.9 Å². The fourth-order valence-corrected chi connectivity index (χ4v) is 3.35. The molecule has 31 heavy (non-hydrogen) atoms. The standard InChI is InChI=1S/C23H15F2N5O/c1-14-6-7-18(24)16(12-14)22-28-23(31-29-22)17-13-27-30(20-5-3-2-4-19(20)25)21(17)15-8-10-26-11-9-15/h2-13H,1H3. The molecule has 0 aliphatic carbocycles. The molecular weight excluding hydrogens is 400 g/mol. The number of aromatic nitrogens is 5. The van der Waals surface area contributed by atoms with Gasteiger partial charge in [-0.05, 0) is 43.3 Å². The molecule has 5 rings (SSSR count). The van der Waals surface area contributed by atoms with Gasteiger partial charge in [-0.3, -0.25) is 4.98 Å². The molecule has 152 valence electrons. The summed E-state index contributed by atoms with van der Waals surface area (Å²) in [6.07, 6.45) is 4.77. The summed E-state index contributed by atoms with van der Waals surface area (Å²) >= 11 is 0. The van der Waals surface area contributed by atoms with E-state index < -0.39 is 11.6 Å². The highest BCUT2D eigenvalue weighted by Crippen LogP contribution is 2.34. The van der Waals surface area contributed by atoms with Gasteiger partial charge in [0.05, 0.1) is 23.0 Å². The quantitative estimate of drug-likeness (QED) is 0.402. The molecule has 2 aromatic carbocycles.